The minimum Gasteiger partial charge on any atom is -0.335 e. The monoisotopic (exact) mass is 230 g/mol. The molecule has 0 saturated heterocycles. The highest BCUT2D eigenvalue weighted by molar-refractivity contribution is 5.83. The molecule has 1 N–H and O–H groups in total. The third kappa shape index (κ3) is 1.63. The van der Waals surface area contributed by atoms with Crippen LogP contribution in [0.4, 0.5) is 0 Å². The lowest BCUT2D eigenvalue weighted by Gasteiger charge is -2.25. The fourth-order valence-corrected chi connectivity index (χ4v) is 2.64. The molecule has 1 aliphatic rings. The van der Waals surface area contributed by atoms with E-state index in [0.717, 1.165) is 12.2 Å². The van der Waals surface area contributed by atoms with Gasteiger partial charge < -0.3 is 9.88 Å². The minimum absolute atomic E-state index is 0.651. The first-order valence-electron chi connectivity index (χ1n) is 6.24. The Morgan fingerprint density at radius 2 is 2.24 bits per heavy atom. The van der Waals surface area contributed by atoms with Gasteiger partial charge in [0.1, 0.15) is 12.0 Å². The Kier molecular flexibility index (Phi) is 2.59. The molecule has 0 spiro atoms. The van der Waals surface area contributed by atoms with Crippen molar-refractivity contribution in [3.05, 3.63) is 23.8 Å². The lowest BCUT2D eigenvalue weighted by Crippen LogP contribution is -2.12. The van der Waals surface area contributed by atoms with E-state index in [2.05, 4.69) is 33.1 Å². The van der Waals surface area contributed by atoms with Crippen molar-refractivity contribution >= 4 is 11.0 Å². The number of fused-ring (bicyclic) bond motifs is 1. The number of hydrogen-bond donors (Lipinski definition) is 1. The highest BCUT2D eigenvalue weighted by atomic mass is 15.0. The second kappa shape index (κ2) is 4.11. The van der Waals surface area contributed by atoms with Crippen LogP contribution in [0.5, 0.6) is 0 Å². The highest BCUT2D eigenvalue weighted by Gasteiger charge is 2.25. The third-order valence-corrected chi connectivity index (χ3v) is 3.72. The van der Waals surface area contributed by atoms with Gasteiger partial charge in [-0.25, -0.2) is 9.97 Å². The van der Waals surface area contributed by atoms with Gasteiger partial charge in [-0.3, -0.25) is 0 Å². The zero-order valence-corrected chi connectivity index (χ0v) is 10.4. The van der Waals surface area contributed by atoms with Crippen LogP contribution in [-0.4, -0.2) is 21.6 Å². The quantitative estimate of drug-likeness (QED) is 0.876. The van der Waals surface area contributed by atoms with E-state index < -0.39 is 0 Å². The molecule has 0 bridgehead atoms. The Morgan fingerprint density at radius 1 is 1.41 bits per heavy atom. The predicted octanol–water partition coefficient (Wildman–Crippen LogP) is 1.96. The van der Waals surface area contributed by atoms with Crippen molar-refractivity contribution in [1.82, 2.24) is 19.9 Å². The molecule has 0 atom stereocenters. The second-order valence-corrected chi connectivity index (χ2v) is 4.88. The van der Waals surface area contributed by atoms with Crippen LogP contribution in [0.1, 0.15) is 36.4 Å². The number of nitrogens with one attached hydrogen (secondary N) is 1. The van der Waals surface area contributed by atoms with Crippen molar-refractivity contribution in [2.75, 3.05) is 7.05 Å². The smallest absolute Gasteiger partial charge is 0.143 e. The summed E-state index contributed by atoms with van der Waals surface area (Å²) in [6, 6.07) is 0. The van der Waals surface area contributed by atoms with Crippen LogP contribution in [0.15, 0.2) is 12.5 Å². The fourth-order valence-electron chi connectivity index (χ4n) is 2.64. The standard InChI is InChI=1S/C13H18N4/c1-14-6-10-7-17(2)13-11(10)12(15-8-16-13)9-4-3-5-9/h7-9,14H,3-6H2,1-2H3. The van der Waals surface area contributed by atoms with E-state index in [1.807, 2.05) is 7.05 Å². The first-order chi connectivity index (χ1) is 8.31. The Bertz CT molecular complexity index is 540. The second-order valence-electron chi connectivity index (χ2n) is 4.88. The SMILES string of the molecule is CNCc1cn(C)c2ncnc(C3CCC3)c12. The maximum Gasteiger partial charge on any atom is 0.143 e. The van der Waals surface area contributed by atoms with Gasteiger partial charge in [-0.05, 0) is 25.5 Å². The van der Waals surface area contributed by atoms with Crippen LogP contribution >= 0.6 is 0 Å². The average Bonchev–Trinajstić information content (AvgIpc) is 2.55. The molecule has 17 heavy (non-hydrogen) atoms. The van der Waals surface area contributed by atoms with E-state index in [1.165, 1.54) is 35.9 Å². The predicted molar refractivity (Wildman–Crippen MR) is 67.9 cm³/mol. The molecular weight excluding hydrogens is 212 g/mol. The molecule has 0 unspecified atom stereocenters. The number of aromatic nitrogens is 3. The van der Waals surface area contributed by atoms with Gasteiger partial charge in [0, 0.05) is 31.1 Å². The van der Waals surface area contributed by atoms with Gasteiger partial charge in [0.05, 0.1) is 5.69 Å². The van der Waals surface area contributed by atoms with Gasteiger partial charge in [0.2, 0.25) is 0 Å². The Morgan fingerprint density at radius 3 is 2.88 bits per heavy atom. The van der Waals surface area contributed by atoms with Gasteiger partial charge in [-0.15, -0.1) is 0 Å². The fraction of sp³-hybridized carbons (Fsp3) is 0.538. The average molecular weight is 230 g/mol. The topological polar surface area (TPSA) is 42.7 Å². The first kappa shape index (κ1) is 10.7. The van der Waals surface area contributed by atoms with E-state index in [4.69, 9.17) is 0 Å². The molecule has 4 heteroatoms. The van der Waals surface area contributed by atoms with Gasteiger partial charge >= 0.3 is 0 Å². The molecule has 2 aromatic heterocycles. The molecule has 0 aliphatic heterocycles. The van der Waals surface area contributed by atoms with Crippen molar-refractivity contribution in [2.45, 2.75) is 31.7 Å². The lowest BCUT2D eigenvalue weighted by molar-refractivity contribution is 0.413. The van der Waals surface area contributed by atoms with Gasteiger partial charge in [0.15, 0.2) is 0 Å². The number of hydrogen-bond acceptors (Lipinski definition) is 3. The Balaban J connectivity index is 2.19. The largest absolute Gasteiger partial charge is 0.335 e. The van der Waals surface area contributed by atoms with Crippen LogP contribution < -0.4 is 5.32 Å². The van der Waals surface area contributed by atoms with Crippen LogP contribution in [0.3, 0.4) is 0 Å². The summed E-state index contributed by atoms with van der Waals surface area (Å²) in [6.45, 7) is 0.879. The minimum atomic E-state index is 0.651. The van der Waals surface area contributed by atoms with Crippen molar-refractivity contribution in [2.24, 2.45) is 7.05 Å². The number of aryl methyl sites for hydroxylation is 1. The lowest BCUT2D eigenvalue weighted by atomic mass is 9.81. The first-order valence-corrected chi connectivity index (χ1v) is 6.24. The molecule has 0 amide bonds. The van der Waals surface area contributed by atoms with Crippen molar-refractivity contribution < 1.29 is 0 Å². The Labute approximate surface area is 101 Å². The van der Waals surface area contributed by atoms with Gasteiger partial charge in [0.25, 0.3) is 0 Å². The van der Waals surface area contributed by atoms with E-state index >= 15 is 0 Å². The molecule has 4 nitrogen and oxygen atoms in total. The summed E-state index contributed by atoms with van der Waals surface area (Å²) in [7, 11) is 4.03. The molecule has 2 heterocycles. The third-order valence-electron chi connectivity index (χ3n) is 3.72. The van der Waals surface area contributed by atoms with Crippen LogP contribution in [0.25, 0.3) is 11.0 Å². The molecule has 1 saturated carbocycles. The molecule has 0 radical (unpaired) electrons. The van der Waals surface area contributed by atoms with Crippen LogP contribution in [0.2, 0.25) is 0 Å². The number of nitrogens with zero attached hydrogens (tertiary/aromatic N) is 3. The maximum absolute atomic E-state index is 4.53. The summed E-state index contributed by atoms with van der Waals surface area (Å²) in [5.41, 5.74) is 3.63. The van der Waals surface area contributed by atoms with Crippen molar-refractivity contribution in [3.63, 3.8) is 0 Å². The summed E-state index contributed by atoms with van der Waals surface area (Å²) in [6.07, 6.45) is 7.77. The van der Waals surface area contributed by atoms with Gasteiger partial charge in [-0.2, -0.15) is 0 Å². The van der Waals surface area contributed by atoms with Crippen molar-refractivity contribution in [3.8, 4) is 0 Å². The van der Waals surface area contributed by atoms with E-state index in [9.17, 15) is 0 Å². The van der Waals surface area contributed by atoms with E-state index in [-0.39, 0.29) is 0 Å². The van der Waals surface area contributed by atoms with Crippen LogP contribution in [0, 0.1) is 0 Å². The number of rotatable bonds is 3. The van der Waals surface area contributed by atoms with E-state index in [1.54, 1.807) is 6.33 Å². The summed E-state index contributed by atoms with van der Waals surface area (Å²) in [5.74, 6) is 0.651. The zero-order chi connectivity index (χ0) is 11.8. The molecule has 0 aromatic carbocycles. The summed E-state index contributed by atoms with van der Waals surface area (Å²) in [5, 5.41) is 4.50. The molecule has 1 aliphatic carbocycles. The molecule has 1 fully saturated rings. The van der Waals surface area contributed by atoms with Gasteiger partial charge in [-0.1, -0.05) is 6.42 Å². The summed E-state index contributed by atoms with van der Waals surface area (Å²) >= 11 is 0. The normalized spacial score (nSPS) is 16.4. The molecular formula is C13H18N4. The molecule has 2 aromatic rings. The molecule has 3 rings (SSSR count). The highest BCUT2D eigenvalue weighted by Crippen LogP contribution is 2.39. The molecule has 90 valence electrons. The summed E-state index contributed by atoms with van der Waals surface area (Å²) < 4.78 is 2.10. The maximum atomic E-state index is 4.53. The van der Waals surface area contributed by atoms with Crippen LogP contribution in [-0.2, 0) is 13.6 Å². The summed E-state index contributed by atoms with van der Waals surface area (Å²) in [4.78, 5) is 8.94. The Hall–Kier alpha value is -1.42. The zero-order valence-electron chi connectivity index (χ0n) is 10.4. The van der Waals surface area contributed by atoms with E-state index in [0.29, 0.717) is 5.92 Å². The van der Waals surface area contributed by atoms with Crippen molar-refractivity contribution in [1.29, 1.82) is 0 Å².